The van der Waals surface area contributed by atoms with Gasteiger partial charge < -0.3 is 15.0 Å². The number of carbonyl (C=O) groups excluding carboxylic acids is 1. The van der Waals surface area contributed by atoms with Crippen LogP contribution in [0.5, 0.6) is 5.75 Å². The third-order valence-electron chi connectivity index (χ3n) is 6.89. The molecule has 1 unspecified atom stereocenters. The summed E-state index contributed by atoms with van der Waals surface area (Å²) in [6, 6.07) is 7.64. The summed E-state index contributed by atoms with van der Waals surface area (Å²) in [6.07, 6.45) is 1.34. The number of amides is 1. The number of ether oxygens (including phenoxy) is 1. The molecule has 2 fully saturated rings. The minimum atomic E-state index is -3.85. The number of pyridine rings is 1. The van der Waals surface area contributed by atoms with Crippen molar-refractivity contribution in [1.82, 2.24) is 15.0 Å². The second-order valence-electron chi connectivity index (χ2n) is 11.3. The fraction of sp³-hybridized carbons (Fsp3) is 0.556. The van der Waals surface area contributed by atoms with Crippen molar-refractivity contribution in [2.24, 2.45) is 11.8 Å². The van der Waals surface area contributed by atoms with E-state index < -0.39 is 27.0 Å². The third-order valence-corrected chi connectivity index (χ3v) is 8.64. The van der Waals surface area contributed by atoms with E-state index in [4.69, 9.17) is 9.72 Å². The van der Waals surface area contributed by atoms with Gasteiger partial charge in [-0.25, -0.2) is 22.5 Å². The smallest absolute Gasteiger partial charge is 0.268 e. The molecule has 2 aliphatic rings. The summed E-state index contributed by atoms with van der Waals surface area (Å²) in [4.78, 5) is 20.2. The van der Waals surface area contributed by atoms with E-state index in [0.29, 0.717) is 61.4 Å². The molecule has 0 spiro atoms. The van der Waals surface area contributed by atoms with Crippen LogP contribution in [0.3, 0.4) is 0 Å². The van der Waals surface area contributed by atoms with Crippen LogP contribution < -0.4 is 19.7 Å². The van der Waals surface area contributed by atoms with Gasteiger partial charge in [0.2, 0.25) is 10.0 Å². The molecular weight excluding hydrogens is 495 g/mol. The summed E-state index contributed by atoms with van der Waals surface area (Å²) in [5.74, 6) is 0.266. The van der Waals surface area contributed by atoms with E-state index in [1.165, 1.54) is 12.1 Å². The number of carbonyl (C=O) groups is 1. The number of aromatic nitrogens is 1. The standard InChI is InChI=1S/C27H37FN4O4S.H2/c1-17(2)16-36-21-11-19(10-20(28)12-21)24-7-6-23(25(30-24)32-15-18(3)13-27(32,4)5)26(33)31-37(34,35)22-8-9-29-14-22;/h6-7,10-12,17-18,22,29H,8-9,13-16H2,1-5H3,(H,31,33);1H/t18-,22?;/m0./s1. The number of halogens is 1. The molecule has 204 valence electrons. The van der Waals surface area contributed by atoms with Gasteiger partial charge >= 0.3 is 0 Å². The predicted octanol–water partition coefficient (Wildman–Crippen LogP) is 4.21. The van der Waals surface area contributed by atoms with E-state index in [-0.39, 0.29) is 18.4 Å². The first-order chi connectivity index (χ1) is 17.4. The zero-order valence-electron chi connectivity index (χ0n) is 22.2. The first-order valence-corrected chi connectivity index (χ1v) is 14.4. The Labute approximate surface area is 220 Å². The molecule has 0 radical (unpaired) electrons. The molecule has 3 heterocycles. The maximum atomic E-state index is 14.5. The molecule has 37 heavy (non-hydrogen) atoms. The zero-order valence-corrected chi connectivity index (χ0v) is 23.0. The van der Waals surface area contributed by atoms with E-state index in [1.54, 1.807) is 18.2 Å². The molecule has 0 saturated carbocycles. The van der Waals surface area contributed by atoms with Crippen LogP contribution >= 0.6 is 0 Å². The van der Waals surface area contributed by atoms with Crippen molar-refractivity contribution in [3.63, 3.8) is 0 Å². The van der Waals surface area contributed by atoms with Gasteiger partial charge in [0.15, 0.2) is 0 Å². The summed E-state index contributed by atoms with van der Waals surface area (Å²) in [5.41, 5.74) is 0.857. The Morgan fingerprint density at radius 3 is 2.70 bits per heavy atom. The van der Waals surface area contributed by atoms with Gasteiger partial charge in [-0.2, -0.15) is 0 Å². The fourth-order valence-electron chi connectivity index (χ4n) is 5.17. The summed E-state index contributed by atoms with van der Waals surface area (Å²) in [7, 11) is -3.85. The van der Waals surface area contributed by atoms with Crippen molar-refractivity contribution in [1.29, 1.82) is 0 Å². The largest absolute Gasteiger partial charge is 0.493 e. The van der Waals surface area contributed by atoms with Gasteiger partial charge in [-0.1, -0.05) is 20.8 Å². The summed E-state index contributed by atoms with van der Waals surface area (Å²) in [5, 5.41) is 2.36. The minimum Gasteiger partial charge on any atom is -0.493 e. The average Bonchev–Trinajstić information content (AvgIpc) is 3.44. The van der Waals surface area contributed by atoms with E-state index in [9.17, 15) is 17.6 Å². The first-order valence-electron chi connectivity index (χ1n) is 12.8. The maximum absolute atomic E-state index is 14.5. The highest BCUT2D eigenvalue weighted by Crippen LogP contribution is 2.38. The predicted molar refractivity (Wildman–Crippen MR) is 145 cm³/mol. The Hall–Kier alpha value is -2.72. The van der Waals surface area contributed by atoms with Crippen molar-refractivity contribution in [2.45, 2.75) is 58.2 Å². The van der Waals surface area contributed by atoms with E-state index in [1.807, 2.05) is 13.8 Å². The molecule has 2 aromatic rings. The molecule has 2 saturated heterocycles. The second-order valence-corrected chi connectivity index (χ2v) is 13.2. The van der Waals surface area contributed by atoms with Crippen LogP contribution in [-0.4, -0.2) is 56.3 Å². The topological polar surface area (TPSA) is 101 Å². The van der Waals surface area contributed by atoms with Gasteiger partial charge in [0.25, 0.3) is 5.91 Å². The molecule has 4 rings (SSSR count). The minimum absolute atomic E-state index is 0. The Kier molecular flexibility index (Phi) is 7.80. The highest BCUT2D eigenvalue weighted by molar-refractivity contribution is 7.90. The molecule has 2 atom stereocenters. The number of sulfonamides is 1. The van der Waals surface area contributed by atoms with Gasteiger partial charge in [-0.15, -0.1) is 0 Å². The summed E-state index contributed by atoms with van der Waals surface area (Å²) < 4.78 is 48.2. The van der Waals surface area contributed by atoms with Crippen LogP contribution in [0.4, 0.5) is 10.2 Å². The maximum Gasteiger partial charge on any atom is 0.268 e. The highest BCUT2D eigenvalue weighted by atomic mass is 32.2. The van der Waals surface area contributed by atoms with Crippen LogP contribution in [0, 0.1) is 17.7 Å². The normalized spacial score (nSPS) is 21.4. The number of benzene rings is 1. The van der Waals surface area contributed by atoms with Crippen LogP contribution in [0.2, 0.25) is 0 Å². The lowest BCUT2D eigenvalue weighted by atomic mass is 9.97. The van der Waals surface area contributed by atoms with Gasteiger partial charge in [-0.3, -0.25) is 4.79 Å². The molecule has 2 aliphatic heterocycles. The van der Waals surface area contributed by atoms with Gasteiger partial charge in [0.05, 0.1) is 23.1 Å². The van der Waals surface area contributed by atoms with Gasteiger partial charge in [0.1, 0.15) is 17.4 Å². The fourth-order valence-corrected chi connectivity index (χ4v) is 6.47. The lowest BCUT2D eigenvalue weighted by Crippen LogP contribution is -2.42. The Bertz CT molecular complexity index is 1270. The number of nitrogens with one attached hydrogen (secondary N) is 2. The summed E-state index contributed by atoms with van der Waals surface area (Å²) in [6.45, 7) is 12.3. The van der Waals surface area contributed by atoms with Crippen molar-refractivity contribution in [3.8, 4) is 17.0 Å². The SMILES string of the molecule is CC(C)COc1cc(F)cc(-c2ccc(C(=O)NS(=O)(=O)C3CCNC3)c(N3C[C@@H](C)CC3(C)C)n2)c1.[HH]. The molecule has 1 amide bonds. The summed E-state index contributed by atoms with van der Waals surface area (Å²) >= 11 is 0. The van der Waals surface area contributed by atoms with Crippen molar-refractivity contribution >= 4 is 21.7 Å². The highest BCUT2D eigenvalue weighted by Gasteiger charge is 2.40. The second kappa shape index (κ2) is 10.6. The Morgan fingerprint density at radius 1 is 1.32 bits per heavy atom. The van der Waals surface area contributed by atoms with Crippen LogP contribution in [-0.2, 0) is 10.0 Å². The molecule has 10 heteroatoms. The van der Waals surface area contributed by atoms with E-state index >= 15 is 0 Å². The molecular formula is C27H39FN4O4S. The number of nitrogens with zero attached hydrogens (tertiary/aromatic N) is 2. The molecule has 2 N–H and O–H groups in total. The Morgan fingerprint density at radius 2 is 2.08 bits per heavy atom. The average molecular weight is 535 g/mol. The number of hydrogen-bond acceptors (Lipinski definition) is 7. The van der Waals surface area contributed by atoms with Gasteiger partial charge in [0, 0.05) is 31.7 Å². The number of rotatable bonds is 8. The zero-order chi connectivity index (χ0) is 27.0. The van der Waals surface area contributed by atoms with Crippen molar-refractivity contribution in [3.05, 3.63) is 41.7 Å². The van der Waals surface area contributed by atoms with E-state index in [2.05, 4.69) is 35.7 Å². The third kappa shape index (κ3) is 6.23. The van der Waals surface area contributed by atoms with Crippen molar-refractivity contribution < 1.29 is 23.8 Å². The van der Waals surface area contributed by atoms with Crippen LogP contribution in [0.15, 0.2) is 30.3 Å². The van der Waals surface area contributed by atoms with Crippen LogP contribution in [0.25, 0.3) is 11.3 Å². The van der Waals surface area contributed by atoms with Gasteiger partial charge in [-0.05, 0) is 69.3 Å². The monoisotopic (exact) mass is 534 g/mol. The Balaban J connectivity index is 0.00000400. The quantitative estimate of drug-likeness (QED) is 0.523. The lowest BCUT2D eigenvalue weighted by Gasteiger charge is -2.34. The first kappa shape index (κ1) is 27.3. The van der Waals surface area contributed by atoms with Crippen LogP contribution in [0.1, 0.15) is 59.2 Å². The molecule has 0 aliphatic carbocycles. The van der Waals surface area contributed by atoms with E-state index in [0.717, 1.165) is 6.42 Å². The molecule has 0 bridgehead atoms. The molecule has 8 nitrogen and oxygen atoms in total. The number of hydrogen-bond donors (Lipinski definition) is 2. The number of anilines is 1. The van der Waals surface area contributed by atoms with Crippen molar-refractivity contribution in [2.75, 3.05) is 31.1 Å². The lowest BCUT2D eigenvalue weighted by molar-refractivity contribution is 0.0981. The molecule has 1 aromatic carbocycles. The molecule has 1 aromatic heterocycles.